The zero-order chi connectivity index (χ0) is 35.6. The molecule has 1 aromatic rings. The number of carbonyl (C=O) groups excluding carboxylic acids is 4. The number of esters is 1. The first-order valence-corrected chi connectivity index (χ1v) is 17.9. The number of fused-ring (bicyclic) bond motifs is 1. The largest absolute Gasteiger partial charge is 0.455 e. The minimum atomic E-state index is -1.32. The standard InChI is InChI=1S/C37H52BrN3O7/c1-9-12-18-27(43)39-23(5)30(24-16-14-13-15-17-24)47-35(46)28-29-33(44)41(26(21-42)22(4)11-3)32(37(29)20-25(38)31(28)48-37)34(45)40(19-10-2)36(6,7)8/h9-10,13-17,22-23,25-26,28-32,42H,1-2,11-12,18-21H2,3-8H3,(H,39,43)/t22-,23+,25?,26-,28+,29-,30+,31+,32+,37-/m0/s1. The van der Waals surface area contributed by atoms with E-state index in [0.29, 0.717) is 24.8 Å². The van der Waals surface area contributed by atoms with Crippen molar-refractivity contribution >= 4 is 39.6 Å². The van der Waals surface area contributed by atoms with E-state index in [4.69, 9.17) is 9.47 Å². The van der Waals surface area contributed by atoms with Gasteiger partial charge >= 0.3 is 5.97 Å². The number of aliphatic hydroxyl groups excluding tert-OH is 1. The quantitative estimate of drug-likeness (QED) is 0.152. The molecular weight excluding hydrogens is 678 g/mol. The molecule has 1 spiro atoms. The van der Waals surface area contributed by atoms with Gasteiger partial charge in [-0.25, -0.2) is 0 Å². The van der Waals surface area contributed by atoms with Crippen LogP contribution in [0.3, 0.4) is 0 Å². The molecule has 3 aliphatic rings. The van der Waals surface area contributed by atoms with Crippen LogP contribution >= 0.6 is 15.9 Å². The number of halogens is 1. The highest BCUT2D eigenvalue weighted by Gasteiger charge is 2.78. The van der Waals surface area contributed by atoms with Crippen LogP contribution in [0.5, 0.6) is 0 Å². The first-order chi connectivity index (χ1) is 22.7. The summed E-state index contributed by atoms with van der Waals surface area (Å²) in [6.45, 7) is 18.9. The lowest BCUT2D eigenvalue weighted by Gasteiger charge is -2.44. The minimum absolute atomic E-state index is 0.137. The van der Waals surface area contributed by atoms with Gasteiger partial charge in [0.25, 0.3) is 0 Å². The van der Waals surface area contributed by atoms with E-state index < -0.39 is 65.2 Å². The van der Waals surface area contributed by atoms with Crippen molar-refractivity contribution in [2.24, 2.45) is 17.8 Å². The Bertz CT molecular complexity index is 1370. The van der Waals surface area contributed by atoms with E-state index in [9.17, 15) is 24.3 Å². The third-order valence-electron chi connectivity index (χ3n) is 10.3. The summed E-state index contributed by atoms with van der Waals surface area (Å²) in [5.74, 6) is -3.71. The van der Waals surface area contributed by atoms with Crippen LogP contribution < -0.4 is 5.32 Å². The average molecular weight is 731 g/mol. The molecule has 48 heavy (non-hydrogen) atoms. The van der Waals surface area contributed by atoms with Crippen LogP contribution in [0.25, 0.3) is 0 Å². The molecule has 3 saturated heterocycles. The average Bonchev–Trinajstić information content (AvgIpc) is 3.64. The van der Waals surface area contributed by atoms with Crippen molar-refractivity contribution in [2.45, 2.75) is 114 Å². The van der Waals surface area contributed by atoms with Crippen LogP contribution in [-0.2, 0) is 28.7 Å². The molecule has 1 aromatic carbocycles. The van der Waals surface area contributed by atoms with Gasteiger partial charge in [0.1, 0.15) is 17.7 Å². The summed E-state index contributed by atoms with van der Waals surface area (Å²) in [4.78, 5) is 59.5. The van der Waals surface area contributed by atoms with Crippen molar-refractivity contribution in [1.29, 1.82) is 0 Å². The molecule has 0 saturated carbocycles. The number of nitrogens with zero attached hydrogens (tertiary/aromatic N) is 2. The smallest absolute Gasteiger partial charge is 0.313 e. The van der Waals surface area contributed by atoms with Crippen molar-refractivity contribution in [3.63, 3.8) is 0 Å². The highest BCUT2D eigenvalue weighted by Crippen LogP contribution is 2.61. The number of allylic oxidation sites excluding steroid dienone is 1. The number of rotatable bonds is 15. The van der Waals surface area contributed by atoms with Gasteiger partial charge in [-0.05, 0) is 52.0 Å². The fraction of sp³-hybridized carbons (Fsp3) is 0.622. The van der Waals surface area contributed by atoms with Gasteiger partial charge in [-0.15, -0.1) is 13.2 Å². The highest BCUT2D eigenvalue weighted by atomic mass is 79.9. The number of likely N-dealkylation sites (tertiary alicyclic amines) is 1. The molecule has 3 aliphatic heterocycles. The van der Waals surface area contributed by atoms with Crippen molar-refractivity contribution in [2.75, 3.05) is 13.2 Å². The number of carbonyl (C=O) groups is 4. The Balaban J connectivity index is 1.77. The van der Waals surface area contributed by atoms with Crippen molar-refractivity contribution in [3.8, 4) is 0 Å². The molecule has 11 heteroatoms. The number of nitrogens with one attached hydrogen (secondary N) is 1. The van der Waals surface area contributed by atoms with E-state index in [2.05, 4.69) is 34.4 Å². The Kier molecular flexibility index (Phi) is 12.0. The van der Waals surface area contributed by atoms with E-state index in [1.54, 1.807) is 24.0 Å². The number of aliphatic hydroxyl groups is 1. The van der Waals surface area contributed by atoms with Gasteiger partial charge in [0, 0.05) is 23.3 Å². The van der Waals surface area contributed by atoms with E-state index >= 15 is 0 Å². The lowest BCUT2D eigenvalue weighted by atomic mass is 9.70. The molecule has 0 radical (unpaired) electrons. The second-order valence-corrected chi connectivity index (χ2v) is 15.6. The zero-order valence-electron chi connectivity index (χ0n) is 29.1. The number of benzene rings is 1. The predicted octanol–water partition coefficient (Wildman–Crippen LogP) is 4.71. The summed E-state index contributed by atoms with van der Waals surface area (Å²) in [5, 5.41) is 13.6. The Morgan fingerprint density at radius 3 is 2.44 bits per heavy atom. The minimum Gasteiger partial charge on any atom is -0.455 e. The molecule has 3 fully saturated rings. The molecule has 10 atom stereocenters. The Morgan fingerprint density at radius 2 is 1.88 bits per heavy atom. The van der Waals surface area contributed by atoms with Gasteiger partial charge in [-0.1, -0.05) is 78.7 Å². The Hall–Kier alpha value is -3.02. The number of hydrogen-bond acceptors (Lipinski definition) is 7. The molecule has 2 N–H and O–H groups in total. The summed E-state index contributed by atoms with van der Waals surface area (Å²) < 4.78 is 13.0. The first kappa shape index (κ1) is 37.8. The maximum Gasteiger partial charge on any atom is 0.313 e. The van der Waals surface area contributed by atoms with Gasteiger partial charge in [0.15, 0.2) is 0 Å². The van der Waals surface area contributed by atoms with E-state index in [1.807, 2.05) is 65.0 Å². The molecule has 1 unspecified atom stereocenters. The van der Waals surface area contributed by atoms with E-state index in [1.165, 1.54) is 4.90 Å². The number of hydrogen-bond donors (Lipinski definition) is 2. The van der Waals surface area contributed by atoms with Crippen LogP contribution in [0.2, 0.25) is 0 Å². The molecule has 264 valence electrons. The van der Waals surface area contributed by atoms with Gasteiger partial charge in [0.05, 0.1) is 36.6 Å². The normalized spacial score (nSPS) is 28.6. The van der Waals surface area contributed by atoms with Crippen molar-refractivity contribution < 1.29 is 33.8 Å². The van der Waals surface area contributed by atoms with Gasteiger partial charge in [-0.3, -0.25) is 19.2 Å². The van der Waals surface area contributed by atoms with Crippen LogP contribution in [0, 0.1) is 17.8 Å². The van der Waals surface area contributed by atoms with Gasteiger partial charge in [0.2, 0.25) is 17.7 Å². The number of amides is 3. The molecule has 3 amide bonds. The fourth-order valence-corrected chi connectivity index (χ4v) is 8.64. The first-order valence-electron chi connectivity index (χ1n) is 17.0. The van der Waals surface area contributed by atoms with Crippen molar-refractivity contribution in [1.82, 2.24) is 15.1 Å². The maximum absolute atomic E-state index is 14.8. The van der Waals surface area contributed by atoms with Crippen molar-refractivity contribution in [3.05, 3.63) is 61.2 Å². The zero-order valence-corrected chi connectivity index (χ0v) is 30.6. The summed E-state index contributed by atoms with van der Waals surface area (Å²) in [6.07, 6.45) is 3.49. The molecule has 0 aliphatic carbocycles. The number of alkyl halides is 1. The summed E-state index contributed by atoms with van der Waals surface area (Å²) in [6, 6.07) is 6.83. The Morgan fingerprint density at radius 1 is 1.21 bits per heavy atom. The lowest BCUT2D eigenvalue weighted by Crippen LogP contribution is -2.62. The fourth-order valence-electron chi connectivity index (χ4n) is 7.70. The summed E-state index contributed by atoms with van der Waals surface area (Å²) >= 11 is 3.73. The van der Waals surface area contributed by atoms with Crippen LogP contribution in [-0.4, -0.2) is 91.9 Å². The number of ether oxygens (including phenoxy) is 2. The second-order valence-electron chi connectivity index (χ2n) is 14.4. The summed E-state index contributed by atoms with van der Waals surface area (Å²) in [5.41, 5.74) is -1.25. The summed E-state index contributed by atoms with van der Waals surface area (Å²) in [7, 11) is 0. The predicted molar refractivity (Wildman–Crippen MR) is 187 cm³/mol. The maximum atomic E-state index is 14.8. The molecular formula is C37H52BrN3O7. The highest BCUT2D eigenvalue weighted by molar-refractivity contribution is 9.09. The van der Waals surface area contributed by atoms with E-state index in [-0.39, 0.29) is 42.1 Å². The van der Waals surface area contributed by atoms with Crippen LogP contribution in [0.1, 0.15) is 78.9 Å². The lowest BCUT2D eigenvalue weighted by molar-refractivity contribution is -0.163. The second kappa shape index (κ2) is 15.3. The monoisotopic (exact) mass is 729 g/mol. The topological polar surface area (TPSA) is 125 Å². The van der Waals surface area contributed by atoms with E-state index in [0.717, 1.165) is 0 Å². The van der Waals surface area contributed by atoms with Crippen LogP contribution in [0.15, 0.2) is 55.6 Å². The molecule has 10 nitrogen and oxygen atoms in total. The third-order valence-corrected chi connectivity index (χ3v) is 11.1. The Labute approximate surface area is 293 Å². The van der Waals surface area contributed by atoms with Gasteiger partial charge in [-0.2, -0.15) is 0 Å². The van der Waals surface area contributed by atoms with Gasteiger partial charge < -0.3 is 29.7 Å². The molecule has 3 heterocycles. The SMILES string of the molecule is C=CCCC(=O)N[C@H](C)[C@@H](OC(=O)[C@H]1[C@@H]2O[C@@]3(CC2Br)[C@@H]1C(=O)N([C@@H](CO)[C@@H](C)CC)[C@@H]3C(=O)N(CC=C)C(C)(C)C)c1ccccc1. The molecule has 2 bridgehead atoms. The third kappa shape index (κ3) is 7.01. The van der Waals surface area contributed by atoms with Crippen LogP contribution in [0.4, 0.5) is 0 Å². The molecule has 0 aromatic heterocycles. The molecule has 4 rings (SSSR count).